The van der Waals surface area contributed by atoms with Gasteiger partial charge in [0.25, 0.3) is 0 Å². The Balaban J connectivity index is 2.87. The van der Waals surface area contributed by atoms with E-state index in [0.717, 1.165) is 5.56 Å². The van der Waals surface area contributed by atoms with Crippen LogP contribution >= 0.6 is 0 Å². The number of carboxylic acids is 1. The van der Waals surface area contributed by atoms with Crippen molar-refractivity contribution in [3.8, 4) is 0 Å². The highest BCUT2D eigenvalue weighted by Gasteiger charge is 2.25. The first kappa shape index (κ1) is 11.7. The zero-order valence-electron chi connectivity index (χ0n) is 8.97. The monoisotopic (exact) mass is 208 g/mol. The largest absolute Gasteiger partial charge is 0.481 e. The minimum Gasteiger partial charge on any atom is -0.481 e. The van der Waals surface area contributed by atoms with Crippen molar-refractivity contribution in [3.63, 3.8) is 0 Å². The van der Waals surface area contributed by atoms with E-state index in [2.05, 4.69) is 0 Å². The Bertz CT molecular complexity index is 329. The number of hydrogen-bond donors (Lipinski definition) is 2. The van der Waals surface area contributed by atoms with Crippen LogP contribution in [0, 0.1) is 12.8 Å². The molecule has 0 amide bonds. The minimum atomic E-state index is -0.953. The fourth-order valence-electron chi connectivity index (χ4n) is 1.53. The number of aryl methyl sites for hydroxylation is 1. The van der Waals surface area contributed by atoms with Gasteiger partial charge in [0.2, 0.25) is 0 Å². The van der Waals surface area contributed by atoms with Gasteiger partial charge < -0.3 is 10.2 Å². The first-order chi connectivity index (χ1) is 7.06. The third kappa shape index (κ3) is 2.80. The molecule has 0 aliphatic carbocycles. The maximum Gasteiger partial charge on any atom is 0.309 e. The minimum absolute atomic E-state index is 0.421. The highest BCUT2D eigenvalue weighted by atomic mass is 16.4. The zero-order chi connectivity index (χ0) is 11.4. The van der Waals surface area contributed by atoms with E-state index in [0.29, 0.717) is 12.0 Å². The fourth-order valence-corrected chi connectivity index (χ4v) is 1.53. The van der Waals surface area contributed by atoms with Gasteiger partial charge in [-0.1, -0.05) is 36.8 Å². The van der Waals surface area contributed by atoms with Gasteiger partial charge in [-0.25, -0.2) is 0 Å². The third-order valence-corrected chi connectivity index (χ3v) is 2.56. The number of aliphatic hydroxyl groups excluding tert-OH is 1. The summed E-state index contributed by atoms with van der Waals surface area (Å²) in [6, 6.07) is 7.28. The van der Waals surface area contributed by atoms with Crippen molar-refractivity contribution in [2.75, 3.05) is 0 Å². The van der Waals surface area contributed by atoms with Gasteiger partial charge in [0.15, 0.2) is 0 Å². The van der Waals surface area contributed by atoms with Gasteiger partial charge in [-0.3, -0.25) is 4.79 Å². The Labute approximate surface area is 89.4 Å². The van der Waals surface area contributed by atoms with Crippen LogP contribution in [0.2, 0.25) is 0 Å². The van der Waals surface area contributed by atoms with E-state index in [1.165, 1.54) is 0 Å². The van der Waals surface area contributed by atoms with Crippen LogP contribution in [0.4, 0.5) is 0 Å². The van der Waals surface area contributed by atoms with Crippen LogP contribution in [0.1, 0.15) is 30.6 Å². The van der Waals surface area contributed by atoms with Crippen LogP contribution < -0.4 is 0 Å². The average Bonchev–Trinajstić information content (AvgIpc) is 2.19. The first-order valence-corrected chi connectivity index (χ1v) is 5.03. The number of aliphatic hydroxyl groups is 1. The van der Waals surface area contributed by atoms with Crippen LogP contribution in [0.15, 0.2) is 24.3 Å². The molecule has 0 fully saturated rings. The van der Waals surface area contributed by atoms with Gasteiger partial charge in [0.05, 0.1) is 12.0 Å². The summed E-state index contributed by atoms with van der Waals surface area (Å²) in [4.78, 5) is 10.9. The van der Waals surface area contributed by atoms with Gasteiger partial charge in [-0.05, 0) is 18.9 Å². The molecule has 0 heterocycles. The number of carbonyl (C=O) groups is 1. The predicted molar refractivity (Wildman–Crippen MR) is 57.6 cm³/mol. The molecular formula is C12H16O3. The maximum atomic E-state index is 10.9. The molecule has 3 heteroatoms. The van der Waals surface area contributed by atoms with Crippen LogP contribution in [-0.4, -0.2) is 16.2 Å². The Morgan fingerprint density at radius 1 is 1.33 bits per heavy atom. The molecule has 1 rings (SSSR count). The van der Waals surface area contributed by atoms with Crippen molar-refractivity contribution in [2.24, 2.45) is 5.92 Å². The molecule has 0 bridgehead atoms. The van der Waals surface area contributed by atoms with Crippen molar-refractivity contribution < 1.29 is 15.0 Å². The van der Waals surface area contributed by atoms with E-state index in [-0.39, 0.29) is 0 Å². The van der Waals surface area contributed by atoms with Gasteiger partial charge >= 0.3 is 5.97 Å². The van der Waals surface area contributed by atoms with Crippen molar-refractivity contribution in [3.05, 3.63) is 35.4 Å². The van der Waals surface area contributed by atoms with Gasteiger partial charge in [0, 0.05) is 0 Å². The Kier molecular flexibility index (Phi) is 3.86. The van der Waals surface area contributed by atoms with Gasteiger partial charge in [-0.15, -0.1) is 0 Å². The Morgan fingerprint density at radius 2 is 1.87 bits per heavy atom. The van der Waals surface area contributed by atoms with Crippen LogP contribution in [0.5, 0.6) is 0 Å². The van der Waals surface area contributed by atoms with E-state index in [1.54, 1.807) is 19.1 Å². The summed E-state index contributed by atoms with van der Waals surface area (Å²) in [5.74, 6) is -1.68. The summed E-state index contributed by atoms with van der Waals surface area (Å²) >= 11 is 0. The number of hydrogen-bond acceptors (Lipinski definition) is 2. The van der Waals surface area contributed by atoms with Crippen LogP contribution in [0.25, 0.3) is 0 Å². The predicted octanol–water partition coefficient (Wildman–Crippen LogP) is 2.14. The lowest BCUT2D eigenvalue weighted by Crippen LogP contribution is -2.21. The smallest absolute Gasteiger partial charge is 0.309 e. The van der Waals surface area contributed by atoms with Crippen LogP contribution in [0.3, 0.4) is 0 Å². The number of benzene rings is 1. The quantitative estimate of drug-likeness (QED) is 0.797. The molecule has 82 valence electrons. The second-order valence-corrected chi connectivity index (χ2v) is 3.71. The fraction of sp³-hybridized carbons (Fsp3) is 0.417. The summed E-state index contributed by atoms with van der Waals surface area (Å²) in [7, 11) is 0. The van der Waals surface area contributed by atoms with E-state index >= 15 is 0 Å². The normalized spacial score (nSPS) is 14.6. The molecule has 0 saturated heterocycles. The molecule has 0 aromatic heterocycles. The second-order valence-electron chi connectivity index (χ2n) is 3.71. The van der Waals surface area contributed by atoms with Crippen molar-refractivity contribution in [1.82, 2.24) is 0 Å². The molecule has 2 N–H and O–H groups in total. The molecule has 3 nitrogen and oxygen atoms in total. The lowest BCUT2D eigenvalue weighted by Gasteiger charge is -2.17. The lowest BCUT2D eigenvalue weighted by molar-refractivity contribution is -0.146. The average molecular weight is 208 g/mol. The SMILES string of the molecule is CCC(C(=O)O)C(O)c1ccc(C)cc1. The van der Waals surface area contributed by atoms with E-state index in [4.69, 9.17) is 5.11 Å². The molecular weight excluding hydrogens is 192 g/mol. The molecule has 0 aliphatic heterocycles. The van der Waals surface area contributed by atoms with E-state index in [9.17, 15) is 9.90 Å². The summed E-state index contributed by atoms with van der Waals surface area (Å²) in [6.07, 6.45) is -0.502. The lowest BCUT2D eigenvalue weighted by atomic mass is 9.93. The molecule has 2 atom stereocenters. The summed E-state index contributed by atoms with van der Waals surface area (Å²) in [5, 5.41) is 18.8. The molecule has 0 aliphatic rings. The molecule has 0 spiro atoms. The topological polar surface area (TPSA) is 57.5 Å². The molecule has 0 radical (unpaired) electrons. The van der Waals surface area contributed by atoms with Crippen molar-refractivity contribution in [2.45, 2.75) is 26.4 Å². The zero-order valence-corrected chi connectivity index (χ0v) is 8.97. The summed E-state index contributed by atoms with van der Waals surface area (Å²) < 4.78 is 0. The van der Waals surface area contributed by atoms with Crippen molar-refractivity contribution >= 4 is 5.97 Å². The highest BCUT2D eigenvalue weighted by Crippen LogP contribution is 2.24. The Hall–Kier alpha value is -1.35. The number of aliphatic carboxylic acids is 1. The van der Waals surface area contributed by atoms with E-state index < -0.39 is 18.0 Å². The Morgan fingerprint density at radius 3 is 2.27 bits per heavy atom. The van der Waals surface area contributed by atoms with Crippen LogP contribution in [-0.2, 0) is 4.79 Å². The molecule has 2 unspecified atom stereocenters. The summed E-state index contributed by atoms with van der Waals surface area (Å²) in [6.45, 7) is 3.71. The number of carboxylic acid groups (broad SMARTS) is 1. The second kappa shape index (κ2) is 4.94. The summed E-state index contributed by atoms with van der Waals surface area (Å²) in [5.41, 5.74) is 1.75. The van der Waals surface area contributed by atoms with Gasteiger partial charge in [0.1, 0.15) is 0 Å². The first-order valence-electron chi connectivity index (χ1n) is 5.03. The van der Waals surface area contributed by atoms with E-state index in [1.807, 2.05) is 19.1 Å². The third-order valence-electron chi connectivity index (χ3n) is 2.56. The number of rotatable bonds is 4. The molecule has 1 aromatic rings. The standard InChI is InChI=1S/C12H16O3/c1-3-10(12(14)15)11(13)9-6-4-8(2)5-7-9/h4-7,10-11,13H,3H2,1-2H3,(H,14,15). The maximum absolute atomic E-state index is 10.9. The van der Waals surface area contributed by atoms with Crippen molar-refractivity contribution in [1.29, 1.82) is 0 Å². The van der Waals surface area contributed by atoms with Gasteiger partial charge in [-0.2, -0.15) is 0 Å². The highest BCUT2D eigenvalue weighted by molar-refractivity contribution is 5.71. The molecule has 1 aromatic carbocycles. The molecule has 15 heavy (non-hydrogen) atoms. The molecule has 0 saturated carbocycles.